The van der Waals surface area contributed by atoms with Crippen LogP contribution in [0.4, 0.5) is 0 Å². The molecule has 0 atom stereocenters. The lowest BCUT2D eigenvalue weighted by molar-refractivity contribution is 0.0712. The Hall–Kier alpha value is -2.82. The summed E-state index contributed by atoms with van der Waals surface area (Å²) in [5, 5.41) is 10.6. The number of methoxy groups -OCH3 is 1. The molecule has 0 spiro atoms. The maximum atomic E-state index is 12.9. The molecule has 8 nitrogen and oxygen atoms in total. The van der Waals surface area contributed by atoms with Gasteiger partial charge in [0.1, 0.15) is 10.8 Å². The molecule has 1 amide bonds. The van der Waals surface area contributed by atoms with Crippen LogP contribution in [0.2, 0.25) is 0 Å². The Bertz CT molecular complexity index is 1230. The van der Waals surface area contributed by atoms with Crippen molar-refractivity contribution in [3.8, 4) is 16.3 Å². The summed E-state index contributed by atoms with van der Waals surface area (Å²) in [4.78, 5) is 14.9. The molecule has 1 aromatic heterocycles. The molecule has 174 valence electrons. The van der Waals surface area contributed by atoms with Crippen LogP contribution in [-0.4, -0.2) is 68.0 Å². The van der Waals surface area contributed by atoms with E-state index in [1.54, 1.807) is 30.6 Å². The van der Waals surface area contributed by atoms with Crippen molar-refractivity contribution >= 4 is 27.3 Å². The number of piperidine rings is 1. The Labute approximate surface area is 197 Å². The van der Waals surface area contributed by atoms with Gasteiger partial charge < -0.3 is 9.64 Å². The number of ether oxygens (including phenoxy) is 1. The number of sulfonamides is 1. The van der Waals surface area contributed by atoms with Crippen LogP contribution in [-0.2, 0) is 10.0 Å². The topological polar surface area (TPSA) is 92.7 Å². The molecule has 0 N–H and O–H groups in total. The highest BCUT2D eigenvalue weighted by molar-refractivity contribution is 7.89. The average molecular weight is 487 g/mol. The van der Waals surface area contributed by atoms with Gasteiger partial charge in [0, 0.05) is 38.7 Å². The fourth-order valence-corrected chi connectivity index (χ4v) is 5.77. The first-order valence-corrected chi connectivity index (χ1v) is 12.9. The molecule has 0 bridgehead atoms. The fraction of sp³-hybridized carbons (Fsp3) is 0.348. The monoisotopic (exact) mass is 486 g/mol. The molecule has 0 saturated carbocycles. The second-order valence-corrected chi connectivity index (χ2v) is 11.2. The van der Waals surface area contributed by atoms with Crippen molar-refractivity contribution in [2.75, 3.05) is 34.3 Å². The first-order chi connectivity index (χ1) is 15.8. The highest BCUT2D eigenvalue weighted by atomic mass is 32.2. The summed E-state index contributed by atoms with van der Waals surface area (Å²) in [6, 6.07) is 13.9. The zero-order valence-electron chi connectivity index (χ0n) is 18.8. The van der Waals surface area contributed by atoms with E-state index in [1.165, 1.54) is 26.2 Å². The lowest BCUT2D eigenvalue weighted by atomic mass is 9.97. The second-order valence-electron chi connectivity index (χ2n) is 8.02. The molecule has 2 aromatic carbocycles. The number of benzene rings is 2. The Morgan fingerprint density at radius 1 is 1.06 bits per heavy atom. The molecule has 1 saturated heterocycles. The van der Waals surface area contributed by atoms with Crippen molar-refractivity contribution < 1.29 is 17.9 Å². The summed E-state index contributed by atoms with van der Waals surface area (Å²) in [6.07, 6.45) is 1.61. The number of likely N-dealkylation sites (tertiary alicyclic amines) is 1. The SMILES string of the molecule is COc1ccccc1-c1nnc(C2CCN(C(=O)c3ccc(S(=O)(=O)N(C)C)cc3)CC2)s1. The van der Waals surface area contributed by atoms with Crippen LogP contribution >= 0.6 is 11.3 Å². The van der Waals surface area contributed by atoms with Crippen LogP contribution in [0.1, 0.15) is 34.1 Å². The number of carbonyl (C=O) groups excluding carboxylic acids is 1. The number of hydrogen-bond acceptors (Lipinski definition) is 7. The smallest absolute Gasteiger partial charge is 0.253 e. The van der Waals surface area contributed by atoms with Crippen LogP contribution in [0.25, 0.3) is 10.6 Å². The zero-order valence-corrected chi connectivity index (χ0v) is 20.4. The van der Waals surface area contributed by atoms with Gasteiger partial charge in [-0.05, 0) is 49.2 Å². The molecule has 3 aromatic rings. The third kappa shape index (κ3) is 4.78. The normalized spacial score (nSPS) is 15.1. The first-order valence-electron chi connectivity index (χ1n) is 10.6. The van der Waals surface area contributed by atoms with E-state index >= 15 is 0 Å². The van der Waals surface area contributed by atoms with Gasteiger partial charge in [-0.25, -0.2) is 12.7 Å². The van der Waals surface area contributed by atoms with Crippen molar-refractivity contribution in [1.82, 2.24) is 19.4 Å². The third-order valence-corrected chi connectivity index (χ3v) is 8.74. The van der Waals surface area contributed by atoms with E-state index in [-0.39, 0.29) is 16.7 Å². The average Bonchev–Trinajstić information content (AvgIpc) is 3.34. The summed E-state index contributed by atoms with van der Waals surface area (Å²) < 4.78 is 31.0. The number of carbonyl (C=O) groups is 1. The van der Waals surface area contributed by atoms with Gasteiger partial charge in [-0.2, -0.15) is 0 Å². The highest BCUT2D eigenvalue weighted by Crippen LogP contribution is 2.36. The summed E-state index contributed by atoms with van der Waals surface area (Å²) in [7, 11) is 1.09. The number of aromatic nitrogens is 2. The van der Waals surface area contributed by atoms with Crippen molar-refractivity contribution in [3.05, 3.63) is 59.1 Å². The van der Waals surface area contributed by atoms with E-state index in [4.69, 9.17) is 4.74 Å². The highest BCUT2D eigenvalue weighted by Gasteiger charge is 2.27. The van der Waals surface area contributed by atoms with E-state index in [0.717, 1.165) is 38.5 Å². The van der Waals surface area contributed by atoms with Crippen LogP contribution in [0.3, 0.4) is 0 Å². The summed E-state index contributed by atoms with van der Waals surface area (Å²) in [5.41, 5.74) is 1.41. The molecule has 0 radical (unpaired) electrons. The van der Waals surface area contributed by atoms with E-state index in [2.05, 4.69) is 10.2 Å². The lowest BCUT2D eigenvalue weighted by Gasteiger charge is -2.31. The molecular weight excluding hydrogens is 460 g/mol. The number of para-hydroxylation sites is 1. The van der Waals surface area contributed by atoms with Gasteiger partial charge in [-0.1, -0.05) is 23.5 Å². The fourth-order valence-electron chi connectivity index (χ4n) is 3.82. The molecule has 0 aliphatic carbocycles. The molecule has 4 rings (SSSR count). The number of hydrogen-bond donors (Lipinski definition) is 0. The van der Waals surface area contributed by atoms with Gasteiger partial charge in [0.2, 0.25) is 10.0 Å². The summed E-state index contributed by atoms with van der Waals surface area (Å²) in [5.74, 6) is 0.932. The van der Waals surface area contributed by atoms with E-state index in [0.29, 0.717) is 18.7 Å². The minimum Gasteiger partial charge on any atom is -0.496 e. The van der Waals surface area contributed by atoms with E-state index in [9.17, 15) is 13.2 Å². The minimum absolute atomic E-state index is 0.0887. The first kappa shape index (κ1) is 23.3. The summed E-state index contributed by atoms with van der Waals surface area (Å²) >= 11 is 1.57. The maximum absolute atomic E-state index is 12.9. The molecule has 33 heavy (non-hydrogen) atoms. The quantitative estimate of drug-likeness (QED) is 0.530. The standard InChI is InChI=1S/C23H26N4O4S2/c1-26(2)33(29,30)18-10-8-17(9-11-18)23(28)27-14-12-16(13-15-27)21-24-25-22(32-21)19-6-4-5-7-20(19)31-3/h4-11,16H,12-15H2,1-3H3. The number of nitrogens with zero attached hydrogens (tertiary/aromatic N) is 4. The molecule has 1 aliphatic heterocycles. The van der Waals surface area contributed by atoms with Gasteiger partial charge in [-0.15, -0.1) is 10.2 Å². The predicted octanol–water partition coefficient (Wildman–Crippen LogP) is 3.48. The van der Waals surface area contributed by atoms with E-state index in [1.807, 2.05) is 29.2 Å². The Morgan fingerprint density at radius 2 is 1.73 bits per heavy atom. The molecule has 10 heteroatoms. The number of amides is 1. The van der Waals surface area contributed by atoms with Crippen molar-refractivity contribution in [2.24, 2.45) is 0 Å². The minimum atomic E-state index is -3.52. The van der Waals surface area contributed by atoms with Crippen LogP contribution in [0.5, 0.6) is 5.75 Å². The molecule has 0 unspecified atom stereocenters. The van der Waals surface area contributed by atoms with Gasteiger partial charge in [-0.3, -0.25) is 4.79 Å². The van der Waals surface area contributed by atoms with Gasteiger partial charge in [0.25, 0.3) is 5.91 Å². The molecule has 2 heterocycles. The van der Waals surface area contributed by atoms with Crippen LogP contribution < -0.4 is 4.74 Å². The molecule has 1 fully saturated rings. The van der Waals surface area contributed by atoms with Crippen molar-refractivity contribution in [3.63, 3.8) is 0 Å². The zero-order chi connectivity index (χ0) is 23.6. The molecule has 1 aliphatic rings. The van der Waals surface area contributed by atoms with Crippen molar-refractivity contribution in [2.45, 2.75) is 23.7 Å². The third-order valence-electron chi connectivity index (χ3n) is 5.79. The predicted molar refractivity (Wildman–Crippen MR) is 127 cm³/mol. The summed E-state index contributed by atoms with van der Waals surface area (Å²) in [6.45, 7) is 1.23. The largest absolute Gasteiger partial charge is 0.496 e. The molecular formula is C23H26N4O4S2. The Balaban J connectivity index is 1.40. The van der Waals surface area contributed by atoms with Crippen molar-refractivity contribution in [1.29, 1.82) is 0 Å². The van der Waals surface area contributed by atoms with Gasteiger partial charge in [0.05, 0.1) is 17.6 Å². The lowest BCUT2D eigenvalue weighted by Crippen LogP contribution is -2.37. The Kier molecular flexibility index (Phi) is 6.78. The Morgan fingerprint density at radius 3 is 2.36 bits per heavy atom. The van der Waals surface area contributed by atoms with Crippen LogP contribution in [0.15, 0.2) is 53.4 Å². The number of rotatable bonds is 6. The van der Waals surface area contributed by atoms with Crippen LogP contribution in [0, 0.1) is 0 Å². The van der Waals surface area contributed by atoms with E-state index < -0.39 is 10.0 Å². The maximum Gasteiger partial charge on any atom is 0.253 e. The van der Waals surface area contributed by atoms with Gasteiger partial charge >= 0.3 is 0 Å². The second kappa shape index (κ2) is 9.58. The van der Waals surface area contributed by atoms with Gasteiger partial charge in [0.15, 0.2) is 5.01 Å².